The predicted molar refractivity (Wildman–Crippen MR) is 126 cm³/mol. The number of carbonyl (C=O) groups excluding carboxylic acids is 3. The summed E-state index contributed by atoms with van der Waals surface area (Å²) in [6, 6.07) is 8.99. The zero-order valence-corrected chi connectivity index (χ0v) is 19.4. The summed E-state index contributed by atoms with van der Waals surface area (Å²) in [6.45, 7) is 5.92. The van der Waals surface area contributed by atoms with Crippen molar-refractivity contribution in [3.05, 3.63) is 59.7 Å². The van der Waals surface area contributed by atoms with Crippen molar-refractivity contribution in [2.45, 2.75) is 19.1 Å². The molecule has 1 saturated heterocycles. The summed E-state index contributed by atoms with van der Waals surface area (Å²) in [5.74, 6) is -0.533. The number of hydrogen-bond acceptors (Lipinski definition) is 6. The number of imide groups is 1. The Hall–Kier alpha value is -3.66. The van der Waals surface area contributed by atoms with Crippen molar-refractivity contribution in [1.29, 1.82) is 0 Å². The fraction of sp³-hybridized carbons (Fsp3) is 0.261. The van der Waals surface area contributed by atoms with E-state index in [4.69, 9.17) is 4.74 Å². The maximum Gasteiger partial charge on any atom is 0.328 e. The van der Waals surface area contributed by atoms with Crippen LogP contribution in [0.4, 0.5) is 16.2 Å². The van der Waals surface area contributed by atoms with Crippen LogP contribution in [0.5, 0.6) is 5.75 Å². The molecule has 0 spiro atoms. The van der Waals surface area contributed by atoms with Crippen LogP contribution in [-0.2, 0) is 20.4 Å². The molecule has 0 saturated carbocycles. The van der Waals surface area contributed by atoms with E-state index in [1.54, 1.807) is 31.2 Å². The van der Waals surface area contributed by atoms with E-state index in [-0.39, 0.29) is 24.6 Å². The molecule has 10 heteroatoms. The molecule has 9 nitrogen and oxygen atoms in total. The molecule has 0 aliphatic carbocycles. The Labute approximate surface area is 192 Å². The van der Waals surface area contributed by atoms with E-state index in [1.165, 1.54) is 24.1 Å². The van der Waals surface area contributed by atoms with Crippen LogP contribution in [0.25, 0.3) is 5.57 Å². The number of ether oxygens (including phenoxy) is 1. The van der Waals surface area contributed by atoms with Crippen LogP contribution in [0.3, 0.4) is 0 Å². The Balaban J connectivity index is 1.94. The second-order valence-electron chi connectivity index (χ2n) is 7.83. The summed E-state index contributed by atoms with van der Waals surface area (Å²) in [7, 11) is -1.73. The molecule has 174 valence electrons. The van der Waals surface area contributed by atoms with Crippen LogP contribution in [0, 0.1) is 0 Å². The summed E-state index contributed by atoms with van der Waals surface area (Å²) in [5.41, 5.74) is 2.93. The van der Waals surface area contributed by atoms with Gasteiger partial charge in [0.2, 0.25) is 5.91 Å². The van der Waals surface area contributed by atoms with Gasteiger partial charge in [0.15, 0.2) is 9.84 Å². The second-order valence-corrected chi connectivity index (χ2v) is 9.97. The number of allylic oxidation sites excluding steroid dienone is 1. The highest BCUT2D eigenvalue weighted by molar-refractivity contribution is 7.89. The summed E-state index contributed by atoms with van der Waals surface area (Å²) in [6.07, 6.45) is 1.30. The summed E-state index contributed by atoms with van der Waals surface area (Å²) < 4.78 is 28.5. The highest BCUT2D eigenvalue weighted by atomic mass is 32.2. The monoisotopic (exact) mass is 471 g/mol. The van der Waals surface area contributed by atoms with Crippen molar-refractivity contribution in [1.82, 2.24) is 5.32 Å². The topological polar surface area (TPSA) is 122 Å². The molecule has 1 aliphatic rings. The number of benzene rings is 2. The van der Waals surface area contributed by atoms with Crippen molar-refractivity contribution in [2.24, 2.45) is 0 Å². The van der Waals surface area contributed by atoms with E-state index in [0.29, 0.717) is 39.4 Å². The fourth-order valence-corrected chi connectivity index (χ4v) is 4.26. The second kappa shape index (κ2) is 9.45. The maximum atomic E-state index is 12.9. The molecule has 1 fully saturated rings. The number of nitrogens with one attached hydrogen (secondary N) is 2. The lowest BCUT2D eigenvalue weighted by Crippen LogP contribution is -2.49. The minimum atomic E-state index is -3.19. The van der Waals surface area contributed by atoms with Gasteiger partial charge in [0, 0.05) is 36.0 Å². The van der Waals surface area contributed by atoms with Gasteiger partial charge in [-0.25, -0.2) is 13.2 Å². The number of amides is 4. The highest BCUT2D eigenvalue weighted by Crippen LogP contribution is 2.38. The molecule has 0 aromatic heterocycles. The molecule has 33 heavy (non-hydrogen) atoms. The Morgan fingerprint density at radius 1 is 1.21 bits per heavy atom. The molecule has 1 aliphatic heterocycles. The minimum Gasteiger partial charge on any atom is -0.494 e. The Morgan fingerprint density at radius 3 is 2.42 bits per heavy atom. The first kappa shape index (κ1) is 24.0. The van der Waals surface area contributed by atoms with Gasteiger partial charge in [-0.15, -0.1) is 0 Å². The zero-order chi connectivity index (χ0) is 24.3. The van der Waals surface area contributed by atoms with E-state index in [2.05, 4.69) is 17.2 Å². The van der Waals surface area contributed by atoms with Crippen LogP contribution in [0.15, 0.2) is 43.0 Å². The van der Waals surface area contributed by atoms with Gasteiger partial charge in [-0.05, 0) is 42.3 Å². The van der Waals surface area contributed by atoms with Gasteiger partial charge in [0.25, 0.3) is 5.91 Å². The van der Waals surface area contributed by atoms with Gasteiger partial charge < -0.3 is 10.1 Å². The Bertz CT molecular complexity index is 1240. The third-order valence-corrected chi connectivity index (χ3v) is 5.85. The first-order chi connectivity index (χ1) is 15.5. The molecule has 2 aromatic carbocycles. The molecule has 2 aromatic rings. The Kier molecular flexibility index (Phi) is 6.87. The SMILES string of the molecule is C=C(C)c1cc(N2CCC(=O)NC2=O)cc(NC(=O)c2ccc(CS(C)(=O)=O)cc2)c1OC. The third-order valence-electron chi connectivity index (χ3n) is 5.00. The van der Waals surface area contributed by atoms with Gasteiger partial charge in [-0.3, -0.25) is 19.8 Å². The maximum absolute atomic E-state index is 12.9. The first-order valence-electron chi connectivity index (χ1n) is 10.1. The fourth-order valence-electron chi connectivity index (χ4n) is 3.46. The molecule has 4 amide bonds. The van der Waals surface area contributed by atoms with Crippen LogP contribution in [-0.4, -0.2) is 46.2 Å². The van der Waals surface area contributed by atoms with Gasteiger partial charge in [-0.2, -0.15) is 0 Å². The molecule has 1 heterocycles. The molecular weight excluding hydrogens is 446 g/mol. The summed E-state index contributed by atoms with van der Waals surface area (Å²) in [5, 5.41) is 5.07. The largest absolute Gasteiger partial charge is 0.494 e. The lowest BCUT2D eigenvalue weighted by atomic mass is 10.0. The van der Waals surface area contributed by atoms with Crippen LogP contribution < -0.4 is 20.3 Å². The van der Waals surface area contributed by atoms with E-state index in [9.17, 15) is 22.8 Å². The van der Waals surface area contributed by atoms with Crippen molar-refractivity contribution >= 4 is 44.6 Å². The van der Waals surface area contributed by atoms with Crippen LogP contribution in [0.2, 0.25) is 0 Å². The van der Waals surface area contributed by atoms with Gasteiger partial charge in [0.1, 0.15) is 5.75 Å². The minimum absolute atomic E-state index is 0.118. The number of hydrogen-bond donors (Lipinski definition) is 2. The van der Waals surface area contributed by atoms with E-state index in [1.807, 2.05) is 0 Å². The van der Waals surface area contributed by atoms with Gasteiger partial charge in [-0.1, -0.05) is 18.7 Å². The molecule has 0 atom stereocenters. The molecule has 0 unspecified atom stereocenters. The average molecular weight is 472 g/mol. The predicted octanol–water partition coefficient (Wildman–Crippen LogP) is 2.97. The number of anilines is 2. The lowest BCUT2D eigenvalue weighted by Gasteiger charge is -2.28. The van der Waals surface area contributed by atoms with Crippen LogP contribution >= 0.6 is 0 Å². The summed E-state index contributed by atoms with van der Waals surface area (Å²) in [4.78, 5) is 38.2. The number of carbonyl (C=O) groups is 3. The van der Waals surface area contributed by atoms with Gasteiger partial charge >= 0.3 is 6.03 Å². The standard InChI is InChI=1S/C23H25N3O6S/c1-14(2)18-11-17(26-10-9-20(27)25-23(26)29)12-19(21(18)32-3)24-22(28)16-7-5-15(6-8-16)13-33(4,30)31/h5-8,11-12H,1,9-10,13H2,2-4H3,(H,24,28)(H,25,27,29). The molecular formula is C23H25N3O6S. The van der Waals surface area contributed by atoms with E-state index >= 15 is 0 Å². The van der Waals surface area contributed by atoms with Crippen molar-refractivity contribution < 1.29 is 27.5 Å². The average Bonchev–Trinajstić information content (AvgIpc) is 2.72. The Morgan fingerprint density at radius 2 is 1.88 bits per heavy atom. The van der Waals surface area contributed by atoms with Crippen molar-refractivity contribution in [3.63, 3.8) is 0 Å². The number of nitrogens with zero attached hydrogens (tertiary/aromatic N) is 1. The zero-order valence-electron chi connectivity index (χ0n) is 18.6. The highest BCUT2D eigenvalue weighted by Gasteiger charge is 2.26. The number of sulfone groups is 1. The molecule has 3 rings (SSSR count). The molecule has 2 N–H and O–H groups in total. The summed E-state index contributed by atoms with van der Waals surface area (Å²) >= 11 is 0. The van der Waals surface area contributed by atoms with E-state index in [0.717, 1.165) is 6.26 Å². The molecule has 0 radical (unpaired) electrons. The lowest BCUT2D eigenvalue weighted by molar-refractivity contribution is -0.120. The third kappa shape index (κ3) is 5.78. The van der Waals surface area contributed by atoms with Gasteiger partial charge in [0.05, 0.1) is 18.6 Å². The normalized spacial score (nSPS) is 14.0. The molecule has 0 bridgehead atoms. The quantitative estimate of drug-likeness (QED) is 0.640. The first-order valence-corrected chi connectivity index (χ1v) is 12.1. The van der Waals surface area contributed by atoms with Crippen molar-refractivity contribution in [2.75, 3.05) is 30.1 Å². The number of methoxy groups -OCH3 is 1. The smallest absolute Gasteiger partial charge is 0.328 e. The van der Waals surface area contributed by atoms with Crippen molar-refractivity contribution in [3.8, 4) is 5.75 Å². The van der Waals surface area contributed by atoms with E-state index < -0.39 is 21.8 Å². The van der Waals surface area contributed by atoms with Crippen LogP contribution in [0.1, 0.15) is 34.8 Å². The number of urea groups is 1. The number of rotatable bonds is 7.